The van der Waals surface area contributed by atoms with E-state index in [4.69, 9.17) is 11.6 Å². The Kier molecular flexibility index (Phi) is 4.27. The van der Waals surface area contributed by atoms with Crippen molar-refractivity contribution in [2.45, 2.75) is 6.54 Å². The lowest BCUT2D eigenvalue weighted by atomic mass is 10.2. The van der Waals surface area contributed by atoms with Gasteiger partial charge in [-0.2, -0.15) is 0 Å². The predicted octanol–water partition coefficient (Wildman–Crippen LogP) is 4.16. The molecule has 0 aliphatic carbocycles. The summed E-state index contributed by atoms with van der Waals surface area (Å²) in [5.41, 5.74) is 2.87. The van der Waals surface area contributed by atoms with Gasteiger partial charge in [-0.25, -0.2) is 4.39 Å². The molecule has 1 N–H and O–H groups in total. The summed E-state index contributed by atoms with van der Waals surface area (Å²) >= 11 is 6.01. The second-order valence-electron chi connectivity index (χ2n) is 4.54. The number of hydrogen-bond acceptors (Lipinski definition) is 2. The molecule has 0 radical (unpaired) electrons. The quantitative estimate of drug-likeness (QED) is 0.903. The molecule has 2 nitrogen and oxygen atoms in total. The van der Waals surface area contributed by atoms with Crippen LogP contribution in [0.1, 0.15) is 5.56 Å². The van der Waals surface area contributed by atoms with E-state index >= 15 is 0 Å². The standard InChI is InChI=1S/C15H16ClFN2/c1-19(2)15-7-6-12(16)9-14(15)18-10-11-4-3-5-13(17)8-11/h3-9,18H,10H2,1-2H3. The van der Waals surface area contributed by atoms with Gasteiger partial charge in [0.25, 0.3) is 0 Å². The Labute approximate surface area is 117 Å². The SMILES string of the molecule is CN(C)c1ccc(Cl)cc1NCc1cccc(F)c1. The molecule has 0 unspecified atom stereocenters. The van der Waals surface area contributed by atoms with Crippen molar-refractivity contribution in [1.82, 2.24) is 0 Å². The maximum absolute atomic E-state index is 13.1. The van der Waals surface area contributed by atoms with E-state index < -0.39 is 0 Å². The van der Waals surface area contributed by atoms with E-state index in [0.717, 1.165) is 16.9 Å². The van der Waals surface area contributed by atoms with Crippen molar-refractivity contribution in [2.24, 2.45) is 0 Å². The summed E-state index contributed by atoms with van der Waals surface area (Å²) in [4.78, 5) is 2.00. The Morgan fingerprint density at radius 1 is 1.16 bits per heavy atom. The van der Waals surface area contributed by atoms with E-state index in [1.165, 1.54) is 12.1 Å². The molecule has 0 saturated heterocycles. The second kappa shape index (κ2) is 5.93. The van der Waals surface area contributed by atoms with Crippen molar-refractivity contribution >= 4 is 23.0 Å². The van der Waals surface area contributed by atoms with Crippen LogP contribution >= 0.6 is 11.6 Å². The fourth-order valence-electron chi connectivity index (χ4n) is 1.88. The summed E-state index contributed by atoms with van der Waals surface area (Å²) in [5.74, 6) is -0.224. The lowest BCUT2D eigenvalue weighted by molar-refractivity contribution is 0.626. The number of anilines is 2. The molecule has 100 valence electrons. The van der Waals surface area contributed by atoms with E-state index in [-0.39, 0.29) is 5.82 Å². The minimum Gasteiger partial charge on any atom is -0.379 e. The summed E-state index contributed by atoms with van der Waals surface area (Å²) in [6.45, 7) is 0.555. The molecule has 0 bridgehead atoms. The molecule has 0 aliphatic rings. The molecule has 0 aromatic heterocycles. The fourth-order valence-corrected chi connectivity index (χ4v) is 2.06. The zero-order valence-electron chi connectivity index (χ0n) is 11.0. The van der Waals surface area contributed by atoms with Gasteiger partial charge in [-0.3, -0.25) is 0 Å². The molecule has 0 fully saturated rings. The smallest absolute Gasteiger partial charge is 0.123 e. The third-order valence-electron chi connectivity index (χ3n) is 2.81. The van der Waals surface area contributed by atoms with Crippen LogP contribution in [0.3, 0.4) is 0 Å². The van der Waals surface area contributed by atoms with Gasteiger partial charge in [0.15, 0.2) is 0 Å². The molecule has 2 rings (SSSR count). The minimum atomic E-state index is -0.224. The van der Waals surface area contributed by atoms with Gasteiger partial charge in [0.1, 0.15) is 5.82 Å². The van der Waals surface area contributed by atoms with Crippen LogP contribution in [0.5, 0.6) is 0 Å². The molecule has 0 atom stereocenters. The van der Waals surface area contributed by atoms with E-state index in [1.807, 2.05) is 43.3 Å². The van der Waals surface area contributed by atoms with Crippen LogP contribution in [0.2, 0.25) is 5.02 Å². The molecule has 4 heteroatoms. The molecule has 2 aromatic carbocycles. The van der Waals surface area contributed by atoms with Crippen LogP contribution < -0.4 is 10.2 Å². The minimum absolute atomic E-state index is 0.224. The highest BCUT2D eigenvalue weighted by Gasteiger charge is 2.05. The first-order valence-corrected chi connectivity index (χ1v) is 6.39. The largest absolute Gasteiger partial charge is 0.379 e. The highest BCUT2D eigenvalue weighted by molar-refractivity contribution is 6.31. The number of halogens is 2. The first kappa shape index (κ1) is 13.7. The molecule has 0 aliphatic heterocycles. The number of nitrogens with zero attached hydrogens (tertiary/aromatic N) is 1. The van der Waals surface area contributed by atoms with Crippen LogP contribution in [-0.4, -0.2) is 14.1 Å². The van der Waals surface area contributed by atoms with Gasteiger partial charge < -0.3 is 10.2 Å². The Hall–Kier alpha value is -1.74. The maximum Gasteiger partial charge on any atom is 0.123 e. The number of nitrogens with one attached hydrogen (secondary N) is 1. The lowest BCUT2D eigenvalue weighted by Crippen LogP contribution is -2.12. The Morgan fingerprint density at radius 3 is 2.63 bits per heavy atom. The van der Waals surface area contributed by atoms with E-state index in [1.54, 1.807) is 6.07 Å². The molecule has 2 aromatic rings. The van der Waals surface area contributed by atoms with E-state index in [0.29, 0.717) is 11.6 Å². The maximum atomic E-state index is 13.1. The van der Waals surface area contributed by atoms with Crippen molar-refractivity contribution in [2.75, 3.05) is 24.3 Å². The first-order chi connectivity index (χ1) is 9.06. The zero-order valence-corrected chi connectivity index (χ0v) is 11.7. The Balaban J connectivity index is 2.17. The van der Waals surface area contributed by atoms with Crippen molar-refractivity contribution in [3.63, 3.8) is 0 Å². The van der Waals surface area contributed by atoms with Crippen LogP contribution in [-0.2, 0) is 6.54 Å². The molecule has 0 saturated carbocycles. The summed E-state index contributed by atoms with van der Waals surface area (Å²) in [6, 6.07) is 12.2. The average molecular weight is 279 g/mol. The average Bonchev–Trinajstić information content (AvgIpc) is 2.36. The first-order valence-electron chi connectivity index (χ1n) is 6.01. The van der Waals surface area contributed by atoms with Crippen LogP contribution in [0.15, 0.2) is 42.5 Å². The van der Waals surface area contributed by atoms with Gasteiger partial charge in [-0.1, -0.05) is 23.7 Å². The van der Waals surface area contributed by atoms with Crippen LogP contribution in [0, 0.1) is 5.82 Å². The van der Waals surface area contributed by atoms with Crippen molar-refractivity contribution in [3.05, 3.63) is 58.9 Å². The van der Waals surface area contributed by atoms with Crippen molar-refractivity contribution in [3.8, 4) is 0 Å². The number of benzene rings is 2. The van der Waals surface area contributed by atoms with E-state index in [2.05, 4.69) is 5.32 Å². The van der Waals surface area contributed by atoms with E-state index in [9.17, 15) is 4.39 Å². The summed E-state index contributed by atoms with van der Waals surface area (Å²) in [6.07, 6.45) is 0. The third-order valence-corrected chi connectivity index (χ3v) is 3.05. The van der Waals surface area contributed by atoms with Crippen molar-refractivity contribution in [1.29, 1.82) is 0 Å². The summed E-state index contributed by atoms with van der Waals surface area (Å²) in [5, 5.41) is 3.96. The topological polar surface area (TPSA) is 15.3 Å². The number of rotatable bonds is 4. The Bertz CT molecular complexity index is 570. The fraction of sp³-hybridized carbons (Fsp3) is 0.200. The lowest BCUT2D eigenvalue weighted by Gasteiger charge is -2.19. The Morgan fingerprint density at radius 2 is 1.95 bits per heavy atom. The molecule has 0 spiro atoms. The van der Waals surface area contributed by atoms with Gasteiger partial charge in [-0.15, -0.1) is 0 Å². The van der Waals surface area contributed by atoms with Crippen LogP contribution in [0.25, 0.3) is 0 Å². The summed E-state index contributed by atoms with van der Waals surface area (Å²) < 4.78 is 13.1. The van der Waals surface area contributed by atoms with Gasteiger partial charge in [0, 0.05) is 25.7 Å². The highest BCUT2D eigenvalue weighted by Crippen LogP contribution is 2.28. The third kappa shape index (κ3) is 3.61. The molecule has 0 heterocycles. The predicted molar refractivity (Wildman–Crippen MR) is 79.5 cm³/mol. The van der Waals surface area contributed by atoms with Crippen molar-refractivity contribution < 1.29 is 4.39 Å². The van der Waals surface area contributed by atoms with Gasteiger partial charge >= 0.3 is 0 Å². The monoisotopic (exact) mass is 278 g/mol. The van der Waals surface area contributed by atoms with Gasteiger partial charge in [0.05, 0.1) is 11.4 Å². The normalized spacial score (nSPS) is 10.3. The summed E-state index contributed by atoms with van der Waals surface area (Å²) in [7, 11) is 3.94. The molecule has 0 amide bonds. The number of hydrogen-bond donors (Lipinski definition) is 1. The van der Waals surface area contributed by atoms with Gasteiger partial charge in [-0.05, 0) is 35.9 Å². The molecular formula is C15H16ClFN2. The molecular weight excluding hydrogens is 263 g/mol. The second-order valence-corrected chi connectivity index (χ2v) is 4.98. The van der Waals surface area contributed by atoms with Gasteiger partial charge in [0.2, 0.25) is 0 Å². The highest BCUT2D eigenvalue weighted by atomic mass is 35.5. The zero-order chi connectivity index (χ0) is 13.8. The molecule has 19 heavy (non-hydrogen) atoms. The van der Waals surface area contributed by atoms with Crippen LogP contribution in [0.4, 0.5) is 15.8 Å².